The zero-order chi connectivity index (χ0) is 23.5. The van der Waals surface area contributed by atoms with Crippen LogP contribution < -0.4 is 0 Å². The SMILES string of the molecule is CC(O)C#C/C=C1\C(C#C[Si](C)(C)C)=C[C@@H](OC(C)(C)C)[C@@H]1O[Si](C)(C)C(C)(C)C. The smallest absolute Gasteiger partial charge is 0.193 e. The average molecular weight is 447 g/mol. The molecular weight excluding hydrogens is 404 g/mol. The number of ether oxygens (including phenoxy) is 1. The van der Waals surface area contributed by atoms with Crippen LogP contribution in [0.5, 0.6) is 0 Å². The van der Waals surface area contributed by atoms with Gasteiger partial charge in [0, 0.05) is 11.1 Å². The molecule has 0 spiro atoms. The summed E-state index contributed by atoms with van der Waals surface area (Å²) in [6.45, 7) is 25.8. The van der Waals surface area contributed by atoms with Gasteiger partial charge in [-0.05, 0) is 58.0 Å². The Morgan fingerprint density at radius 3 is 2.07 bits per heavy atom. The average Bonchev–Trinajstić information content (AvgIpc) is 2.78. The van der Waals surface area contributed by atoms with Gasteiger partial charge in [-0.1, -0.05) is 58.2 Å². The van der Waals surface area contributed by atoms with Crippen LogP contribution in [0.3, 0.4) is 0 Å². The summed E-state index contributed by atoms with van der Waals surface area (Å²) in [7, 11) is -3.62. The second-order valence-corrected chi connectivity index (χ2v) is 21.1. The molecule has 1 rings (SSSR count). The van der Waals surface area contributed by atoms with Crippen LogP contribution in [-0.2, 0) is 9.16 Å². The Bertz CT molecular complexity index is 792. The molecule has 0 saturated heterocycles. The number of rotatable bonds is 3. The van der Waals surface area contributed by atoms with E-state index in [2.05, 4.69) is 104 Å². The minimum absolute atomic E-state index is 0.0719. The highest BCUT2D eigenvalue weighted by atomic mass is 28.4. The van der Waals surface area contributed by atoms with Gasteiger partial charge >= 0.3 is 0 Å². The van der Waals surface area contributed by atoms with Crippen molar-refractivity contribution in [2.24, 2.45) is 0 Å². The van der Waals surface area contributed by atoms with E-state index in [-0.39, 0.29) is 22.8 Å². The van der Waals surface area contributed by atoms with E-state index >= 15 is 0 Å². The highest BCUT2D eigenvalue weighted by Gasteiger charge is 2.44. The quantitative estimate of drug-likeness (QED) is 0.447. The normalized spacial score (nSPS) is 22.7. The van der Waals surface area contributed by atoms with Crippen molar-refractivity contribution in [3.63, 3.8) is 0 Å². The molecule has 168 valence electrons. The topological polar surface area (TPSA) is 38.7 Å². The first kappa shape index (κ1) is 26.9. The van der Waals surface area contributed by atoms with Crippen molar-refractivity contribution in [1.29, 1.82) is 0 Å². The Labute approximate surface area is 187 Å². The van der Waals surface area contributed by atoms with Gasteiger partial charge in [-0.15, -0.1) is 5.54 Å². The molecule has 3 atom stereocenters. The van der Waals surface area contributed by atoms with Crippen molar-refractivity contribution in [2.75, 3.05) is 0 Å². The number of allylic oxidation sites excluding steroid dienone is 1. The monoisotopic (exact) mass is 446 g/mol. The van der Waals surface area contributed by atoms with Crippen molar-refractivity contribution in [3.05, 3.63) is 23.3 Å². The second-order valence-electron chi connectivity index (χ2n) is 11.6. The molecule has 0 aliphatic heterocycles. The largest absolute Gasteiger partial charge is 0.407 e. The molecule has 0 saturated carbocycles. The molecule has 0 aromatic rings. The molecule has 0 fully saturated rings. The van der Waals surface area contributed by atoms with Crippen molar-refractivity contribution >= 4 is 16.4 Å². The van der Waals surface area contributed by atoms with Gasteiger partial charge in [0.25, 0.3) is 0 Å². The highest BCUT2D eigenvalue weighted by molar-refractivity contribution is 6.83. The molecule has 30 heavy (non-hydrogen) atoms. The van der Waals surface area contributed by atoms with Gasteiger partial charge in [0.05, 0.1) is 5.60 Å². The standard InChI is InChI=1S/C25H42O3Si2/c1-19(26)14-13-15-21-20(16-17-29(8,9)10)18-22(27-24(2,3)4)23(21)28-30(11,12)25(5,6)7/h15,18-19,22-23,26H,1-12H3/b21-15+/t19?,22-,23-/m1/s1. The van der Waals surface area contributed by atoms with Gasteiger partial charge < -0.3 is 14.3 Å². The van der Waals surface area contributed by atoms with Gasteiger partial charge in [0.2, 0.25) is 0 Å². The molecule has 0 aromatic heterocycles. The fourth-order valence-corrected chi connectivity index (χ4v) is 4.33. The van der Waals surface area contributed by atoms with Crippen LogP contribution in [-0.4, -0.2) is 45.4 Å². The molecular formula is C25H42O3Si2. The molecule has 1 unspecified atom stereocenters. The lowest BCUT2D eigenvalue weighted by molar-refractivity contribution is -0.0709. The Balaban J connectivity index is 3.54. The zero-order valence-corrected chi connectivity index (χ0v) is 23.2. The lowest BCUT2D eigenvalue weighted by Crippen LogP contribution is -2.47. The van der Waals surface area contributed by atoms with E-state index in [9.17, 15) is 5.11 Å². The second kappa shape index (κ2) is 9.59. The molecule has 0 bridgehead atoms. The van der Waals surface area contributed by atoms with Gasteiger partial charge in [0.1, 0.15) is 26.4 Å². The minimum atomic E-state index is -2.07. The number of hydrogen-bond donors (Lipinski definition) is 1. The first-order chi connectivity index (χ1) is 13.3. The van der Waals surface area contributed by atoms with E-state index in [0.717, 1.165) is 11.1 Å². The first-order valence-electron chi connectivity index (χ1n) is 10.8. The van der Waals surface area contributed by atoms with E-state index in [1.165, 1.54) is 0 Å². The summed E-state index contributed by atoms with van der Waals surface area (Å²) >= 11 is 0. The summed E-state index contributed by atoms with van der Waals surface area (Å²) < 4.78 is 13.3. The van der Waals surface area contributed by atoms with Gasteiger partial charge in [-0.3, -0.25) is 0 Å². The predicted molar refractivity (Wildman–Crippen MR) is 133 cm³/mol. The Morgan fingerprint density at radius 1 is 1.07 bits per heavy atom. The molecule has 0 amide bonds. The number of aliphatic hydroxyl groups excluding tert-OH is 1. The third kappa shape index (κ3) is 8.57. The van der Waals surface area contributed by atoms with Crippen molar-refractivity contribution in [1.82, 2.24) is 0 Å². The van der Waals surface area contributed by atoms with Crippen LogP contribution in [0.4, 0.5) is 0 Å². The Hall–Kier alpha value is -1.09. The summed E-state index contributed by atoms with van der Waals surface area (Å²) in [4.78, 5) is 0. The Morgan fingerprint density at radius 2 is 1.63 bits per heavy atom. The third-order valence-corrected chi connectivity index (χ3v) is 10.4. The van der Waals surface area contributed by atoms with Crippen LogP contribution in [0.25, 0.3) is 0 Å². The predicted octanol–water partition coefficient (Wildman–Crippen LogP) is 5.69. The van der Waals surface area contributed by atoms with Crippen LogP contribution in [0.2, 0.25) is 37.8 Å². The maximum absolute atomic E-state index is 9.58. The van der Waals surface area contributed by atoms with E-state index in [1.807, 2.05) is 6.08 Å². The summed E-state index contributed by atoms with van der Waals surface area (Å²) in [5.41, 5.74) is 5.07. The molecule has 3 nitrogen and oxygen atoms in total. The van der Waals surface area contributed by atoms with Crippen LogP contribution >= 0.6 is 0 Å². The van der Waals surface area contributed by atoms with E-state index < -0.39 is 22.5 Å². The van der Waals surface area contributed by atoms with E-state index in [1.54, 1.807) is 6.92 Å². The molecule has 1 N–H and O–H groups in total. The highest BCUT2D eigenvalue weighted by Crippen LogP contribution is 2.41. The maximum Gasteiger partial charge on any atom is 0.193 e. The molecule has 1 aliphatic rings. The fraction of sp³-hybridized carbons (Fsp3) is 0.680. The minimum Gasteiger partial charge on any atom is -0.407 e. The third-order valence-electron chi connectivity index (χ3n) is 5.06. The van der Waals surface area contributed by atoms with Crippen LogP contribution in [0.1, 0.15) is 48.5 Å². The Kier molecular flexibility index (Phi) is 8.62. The summed E-state index contributed by atoms with van der Waals surface area (Å²) in [6.07, 6.45) is 2.82. The summed E-state index contributed by atoms with van der Waals surface area (Å²) in [6, 6.07) is 0. The van der Waals surface area contributed by atoms with Crippen molar-refractivity contribution < 1.29 is 14.3 Å². The van der Waals surface area contributed by atoms with E-state index in [4.69, 9.17) is 9.16 Å². The van der Waals surface area contributed by atoms with Crippen LogP contribution in [0, 0.1) is 23.3 Å². The van der Waals surface area contributed by atoms with Crippen LogP contribution in [0.15, 0.2) is 23.3 Å². The summed E-state index contributed by atoms with van der Waals surface area (Å²) in [5, 5.41) is 9.65. The molecule has 0 radical (unpaired) electrons. The lowest BCUT2D eigenvalue weighted by atomic mass is 10.1. The zero-order valence-electron chi connectivity index (χ0n) is 21.2. The summed E-state index contributed by atoms with van der Waals surface area (Å²) in [5.74, 6) is 9.24. The van der Waals surface area contributed by atoms with Crippen molar-refractivity contribution in [3.8, 4) is 23.3 Å². The molecule has 5 heteroatoms. The number of aliphatic hydroxyl groups is 1. The van der Waals surface area contributed by atoms with E-state index in [0.29, 0.717) is 0 Å². The molecule has 1 aliphatic carbocycles. The first-order valence-corrected chi connectivity index (χ1v) is 17.2. The fourth-order valence-electron chi connectivity index (χ4n) is 2.58. The van der Waals surface area contributed by atoms with Gasteiger partial charge in [-0.2, -0.15) is 0 Å². The lowest BCUT2D eigenvalue weighted by Gasteiger charge is -2.41. The molecule has 0 heterocycles. The number of hydrogen-bond acceptors (Lipinski definition) is 3. The molecule has 0 aromatic carbocycles. The van der Waals surface area contributed by atoms with Gasteiger partial charge in [0.15, 0.2) is 8.32 Å². The van der Waals surface area contributed by atoms with Crippen molar-refractivity contribution in [2.45, 2.75) is 110 Å². The van der Waals surface area contributed by atoms with Gasteiger partial charge in [-0.25, -0.2) is 0 Å². The maximum atomic E-state index is 9.58.